The molecule has 0 saturated heterocycles. The smallest absolute Gasteiger partial charge is 0.150 e. The summed E-state index contributed by atoms with van der Waals surface area (Å²) < 4.78 is 1.95. The van der Waals surface area contributed by atoms with Gasteiger partial charge in [0.05, 0.1) is 0 Å². The van der Waals surface area contributed by atoms with Gasteiger partial charge >= 0.3 is 0 Å². The monoisotopic (exact) mass is 220 g/mol. The maximum Gasteiger partial charge on any atom is 0.150 e. The Bertz CT molecular complexity index is 396. The molecule has 16 heavy (non-hydrogen) atoms. The van der Waals surface area contributed by atoms with Gasteiger partial charge in [0, 0.05) is 25.4 Å². The van der Waals surface area contributed by atoms with Gasteiger partial charge in [-0.1, -0.05) is 6.92 Å². The summed E-state index contributed by atoms with van der Waals surface area (Å²) >= 11 is 0. The van der Waals surface area contributed by atoms with Gasteiger partial charge in [0.2, 0.25) is 0 Å². The summed E-state index contributed by atoms with van der Waals surface area (Å²) in [6.07, 6.45) is 4.86. The minimum absolute atomic E-state index is 0.311. The largest absolute Gasteiger partial charge is 0.327 e. The molecular formula is C12H20N4. The van der Waals surface area contributed by atoms with Gasteiger partial charge in [0.25, 0.3) is 0 Å². The van der Waals surface area contributed by atoms with Gasteiger partial charge in [-0.15, -0.1) is 0 Å². The molecule has 2 N–H and O–H groups in total. The number of nitrogens with two attached hydrogens (primary N) is 1. The Morgan fingerprint density at radius 3 is 2.69 bits per heavy atom. The highest BCUT2D eigenvalue weighted by Crippen LogP contribution is 2.51. The van der Waals surface area contributed by atoms with Crippen molar-refractivity contribution in [1.82, 2.24) is 14.8 Å². The van der Waals surface area contributed by atoms with Crippen molar-refractivity contribution in [3.8, 4) is 0 Å². The number of aromatic nitrogens is 3. The summed E-state index contributed by atoms with van der Waals surface area (Å²) in [5, 5.41) is 4.44. The SMILES string of the molecule is CCc1nc(C2C3CCC(C3)C2N)n(C)n1. The van der Waals surface area contributed by atoms with Crippen LogP contribution in [0.25, 0.3) is 0 Å². The van der Waals surface area contributed by atoms with E-state index in [9.17, 15) is 0 Å². The molecule has 2 aliphatic rings. The molecule has 0 aliphatic heterocycles. The molecule has 1 heterocycles. The fourth-order valence-corrected chi connectivity index (χ4v) is 3.61. The van der Waals surface area contributed by atoms with E-state index in [0.29, 0.717) is 12.0 Å². The van der Waals surface area contributed by atoms with E-state index in [1.807, 2.05) is 11.7 Å². The molecule has 0 radical (unpaired) electrons. The van der Waals surface area contributed by atoms with Crippen LogP contribution < -0.4 is 5.73 Å². The average molecular weight is 220 g/mol. The van der Waals surface area contributed by atoms with Crippen molar-refractivity contribution in [2.24, 2.45) is 24.6 Å². The van der Waals surface area contributed by atoms with Crippen molar-refractivity contribution in [2.45, 2.75) is 44.6 Å². The highest BCUT2D eigenvalue weighted by atomic mass is 15.3. The number of nitrogens with zero attached hydrogens (tertiary/aromatic N) is 3. The molecule has 3 rings (SSSR count). The maximum atomic E-state index is 6.33. The Hall–Kier alpha value is -0.900. The number of hydrogen-bond acceptors (Lipinski definition) is 3. The number of rotatable bonds is 2. The fourth-order valence-electron chi connectivity index (χ4n) is 3.61. The van der Waals surface area contributed by atoms with Gasteiger partial charge < -0.3 is 5.73 Å². The van der Waals surface area contributed by atoms with Gasteiger partial charge in [0.1, 0.15) is 5.82 Å². The molecule has 2 fully saturated rings. The first kappa shape index (κ1) is 10.3. The first-order chi connectivity index (χ1) is 7.70. The lowest BCUT2D eigenvalue weighted by Crippen LogP contribution is -2.35. The molecule has 4 heteroatoms. The lowest BCUT2D eigenvalue weighted by molar-refractivity contribution is 0.346. The van der Waals surface area contributed by atoms with Gasteiger partial charge in [-0.25, -0.2) is 4.98 Å². The molecule has 4 unspecified atom stereocenters. The maximum absolute atomic E-state index is 6.33. The van der Waals surface area contributed by atoms with Crippen LogP contribution in [-0.4, -0.2) is 20.8 Å². The predicted octanol–water partition coefficient (Wildman–Crippen LogP) is 1.22. The van der Waals surface area contributed by atoms with Crippen molar-refractivity contribution in [3.63, 3.8) is 0 Å². The minimum atomic E-state index is 0.311. The topological polar surface area (TPSA) is 56.7 Å². The number of fused-ring (bicyclic) bond motifs is 2. The average Bonchev–Trinajstić information content (AvgIpc) is 2.92. The summed E-state index contributed by atoms with van der Waals surface area (Å²) in [4.78, 5) is 4.65. The quantitative estimate of drug-likeness (QED) is 0.815. The second-order valence-corrected chi connectivity index (χ2v) is 5.30. The van der Waals surface area contributed by atoms with Crippen molar-refractivity contribution >= 4 is 0 Å². The van der Waals surface area contributed by atoms with E-state index < -0.39 is 0 Å². The van der Waals surface area contributed by atoms with Crippen LogP contribution in [-0.2, 0) is 13.5 Å². The Morgan fingerprint density at radius 1 is 1.38 bits per heavy atom. The molecular weight excluding hydrogens is 200 g/mol. The summed E-state index contributed by atoms with van der Waals surface area (Å²) in [5.74, 6) is 4.02. The second kappa shape index (κ2) is 3.55. The van der Waals surface area contributed by atoms with Crippen molar-refractivity contribution in [2.75, 3.05) is 0 Å². The zero-order valence-electron chi connectivity index (χ0n) is 10.1. The summed E-state index contributed by atoms with van der Waals surface area (Å²) in [6, 6.07) is 0.311. The van der Waals surface area contributed by atoms with Crippen LogP contribution in [0, 0.1) is 11.8 Å². The van der Waals surface area contributed by atoms with E-state index in [2.05, 4.69) is 17.0 Å². The highest BCUT2D eigenvalue weighted by molar-refractivity contribution is 5.14. The Kier molecular flexibility index (Phi) is 2.28. The predicted molar refractivity (Wildman–Crippen MR) is 61.9 cm³/mol. The first-order valence-corrected chi connectivity index (χ1v) is 6.36. The van der Waals surface area contributed by atoms with Crippen LogP contribution in [0.3, 0.4) is 0 Å². The third-order valence-corrected chi connectivity index (χ3v) is 4.44. The molecule has 0 aromatic carbocycles. The van der Waals surface area contributed by atoms with E-state index in [1.165, 1.54) is 19.3 Å². The van der Waals surface area contributed by atoms with Crippen molar-refractivity contribution in [1.29, 1.82) is 0 Å². The summed E-state index contributed by atoms with van der Waals surface area (Å²) in [7, 11) is 2.00. The molecule has 1 aromatic rings. The Balaban J connectivity index is 1.94. The van der Waals surface area contributed by atoms with E-state index in [1.54, 1.807) is 0 Å². The minimum Gasteiger partial charge on any atom is -0.327 e. The fraction of sp³-hybridized carbons (Fsp3) is 0.833. The molecule has 4 nitrogen and oxygen atoms in total. The third-order valence-electron chi connectivity index (χ3n) is 4.44. The van der Waals surface area contributed by atoms with Crippen LogP contribution >= 0.6 is 0 Å². The van der Waals surface area contributed by atoms with E-state index in [0.717, 1.165) is 29.9 Å². The number of hydrogen-bond donors (Lipinski definition) is 1. The van der Waals surface area contributed by atoms with Crippen LogP contribution in [0.5, 0.6) is 0 Å². The van der Waals surface area contributed by atoms with Crippen molar-refractivity contribution in [3.05, 3.63) is 11.6 Å². The van der Waals surface area contributed by atoms with E-state index >= 15 is 0 Å². The molecule has 4 atom stereocenters. The van der Waals surface area contributed by atoms with Crippen LogP contribution in [0.4, 0.5) is 0 Å². The highest BCUT2D eigenvalue weighted by Gasteiger charge is 2.48. The summed E-state index contributed by atoms with van der Waals surface area (Å²) in [5.41, 5.74) is 6.33. The van der Waals surface area contributed by atoms with E-state index in [-0.39, 0.29) is 0 Å². The lowest BCUT2D eigenvalue weighted by atomic mass is 9.84. The Morgan fingerprint density at radius 2 is 2.12 bits per heavy atom. The van der Waals surface area contributed by atoms with Gasteiger partial charge in [-0.3, -0.25) is 4.68 Å². The second-order valence-electron chi connectivity index (χ2n) is 5.30. The first-order valence-electron chi connectivity index (χ1n) is 6.36. The van der Waals surface area contributed by atoms with Gasteiger partial charge in [0.15, 0.2) is 5.82 Å². The summed E-state index contributed by atoms with van der Waals surface area (Å²) in [6.45, 7) is 2.10. The van der Waals surface area contributed by atoms with Crippen molar-refractivity contribution < 1.29 is 0 Å². The zero-order valence-corrected chi connectivity index (χ0v) is 10.1. The lowest BCUT2D eigenvalue weighted by Gasteiger charge is -2.26. The molecule has 2 saturated carbocycles. The zero-order chi connectivity index (χ0) is 11.3. The number of aryl methyl sites for hydroxylation is 2. The Labute approximate surface area is 96.2 Å². The molecule has 1 aromatic heterocycles. The van der Waals surface area contributed by atoms with Crippen LogP contribution in [0.15, 0.2) is 0 Å². The molecule has 88 valence electrons. The molecule has 0 spiro atoms. The third kappa shape index (κ3) is 1.32. The van der Waals surface area contributed by atoms with Gasteiger partial charge in [-0.05, 0) is 31.1 Å². The van der Waals surface area contributed by atoms with E-state index in [4.69, 9.17) is 5.73 Å². The van der Waals surface area contributed by atoms with Crippen LogP contribution in [0.2, 0.25) is 0 Å². The molecule has 2 bridgehead atoms. The van der Waals surface area contributed by atoms with Crippen LogP contribution in [0.1, 0.15) is 43.8 Å². The molecule has 0 amide bonds. The van der Waals surface area contributed by atoms with Gasteiger partial charge in [-0.2, -0.15) is 5.10 Å². The molecule has 2 aliphatic carbocycles. The normalized spacial score (nSPS) is 37.2. The standard InChI is InChI=1S/C12H20N4/c1-3-9-14-12(16(2)15-9)10-7-4-5-8(6-7)11(10)13/h7-8,10-11H,3-6,13H2,1-2H3.